The molecule has 0 unspecified atom stereocenters. The molecular weight excluding hydrogens is 211 g/mol. The lowest BCUT2D eigenvalue weighted by Crippen LogP contribution is -2.48. The van der Waals surface area contributed by atoms with E-state index in [1.807, 2.05) is 0 Å². The minimum Gasteiger partial charge on any atom is -0.312 e. The van der Waals surface area contributed by atoms with Crippen LogP contribution in [0.3, 0.4) is 0 Å². The molecule has 0 saturated carbocycles. The second-order valence-electron chi connectivity index (χ2n) is 3.31. The average molecular weight is 219 g/mol. The maximum atomic E-state index is 12.3. The Labute approximate surface area is 82.7 Å². The highest BCUT2D eigenvalue weighted by Crippen LogP contribution is 2.26. The molecule has 15 heavy (non-hydrogen) atoms. The summed E-state index contributed by atoms with van der Waals surface area (Å²) in [5.41, 5.74) is -1.54. The predicted octanol–water partition coefficient (Wildman–Crippen LogP) is 0.406. The SMILES string of the molecule is O=c1ccc(C(F)(F)F)nn1C1CNC1. The molecule has 1 fully saturated rings. The van der Waals surface area contributed by atoms with Crippen LogP contribution in [-0.2, 0) is 6.18 Å². The molecule has 82 valence electrons. The zero-order chi connectivity index (χ0) is 11.1. The normalized spacial score (nSPS) is 17.5. The lowest BCUT2D eigenvalue weighted by atomic mass is 10.2. The van der Waals surface area contributed by atoms with Crippen molar-refractivity contribution in [3.8, 4) is 0 Å². The summed E-state index contributed by atoms with van der Waals surface area (Å²) in [5, 5.41) is 6.17. The lowest BCUT2D eigenvalue weighted by molar-refractivity contribution is -0.142. The molecule has 0 spiro atoms. The van der Waals surface area contributed by atoms with Gasteiger partial charge in [-0.05, 0) is 6.07 Å². The Morgan fingerprint density at radius 1 is 1.40 bits per heavy atom. The minimum atomic E-state index is -4.51. The third kappa shape index (κ3) is 1.87. The fraction of sp³-hybridized carbons (Fsp3) is 0.500. The molecule has 0 amide bonds. The maximum Gasteiger partial charge on any atom is 0.435 e. The summed E-state index contributed by atoms with van der Waals surface area (Å²) in [6.07, 6.45) is -4.51. The summed E-state index contributed by atoms with van der Waals surface area (Å²) in [4.78, 5) is 11.2. The monoisotopic (exact) mass is 219 g/mol. The molecular formula is C8H8F3N3O. The third-order valence-corrected chi connectivity index (χ3v) is 2.22. The maximum absolute atomic E-state index is 12.3. The Balaban J connectivity index is 2.41. The fourth-order valence-electron chi connectivity index (χ4n) is 1.28. The zero-order valence-electron chi connectivity index (χ0n) is 7.58. The Bertz CT molecular complexity index is 422. The molecule has 0 radical (unpaired) electrons. The van der Waals surface area contributed by atoms with Gasteiger partial charge < -0.3 is 5.32 Å². The van der Waals surface area contributed by atoms with Crippen LogP contribution in [0.2, 0.25) is 0 Å². The average Bonchev–Trinajstić information content (AvgIpc) is 2.03. The van der Waals surface area contributed by atoms with Gasteiger partial charge in [0.15, 0.2) is 5.69 Å². The largest absolute Gasteiger partial charge is 0.435 e. The Morgan fingerprint density at radius 2 is 2.07 bits per heavy atom. The van der Waals surface area contributed by atoms with Gasteiger partial charge in [-0.15, -0.1) is 0 Å². The first-order valence-electron chi connectivity index (χ1n) is 4.36. The van der Waals surface area contributed by atoms with E-state index in [4.69, 9.17) is 0 Å². The molecule has 0 atom stereocenters. The smallest absolute Gasteiger partial charge is 0.312 e. The summed E-state index contributed by atoms with van der Waals surface area (Å²) in [6.45, 7) is 0.961. The lowest BCUT2D eigenvalue weighted by Gasteiger charge is -2.28. The highest BCUT2D eigenvalue weighted by Gasteiger charge is 2.34. The molecule has 2 heterocycles. The van der Waals surface area contributed by atoms with Crippen LogP contribution in [0.4, 0.5) is 13.2 Å². The van der Waals surface area contributed by atoms with Crippen molar-refractivity contribution < 1.29 is 13.2 Å². The van der Waals surface area contributed by atoms with E-state index in [2.05, 4.69) is 10.4 Å². The van der Waals surface area contributed by atoms with Gasteiger partial charge in [0, 0.05) is 19.2 Å². The van der Waals surface area contributed by atoms with Gasteiger partial charge in [0.1, 0.15) is 0 Å². The van der Waals surface area contributed by atoms with E-state index in [-0.39, 0.29) is 6.04 Å². The van der Waals surface area contributed by atoms with Crippen LogP contribution < -0.4 is 10.9 Å². The van der Waals surface area contributed by atoms with Crippen LogP contribution in [0.25, 0.3) is 0 Å². The molecule has 1 saturated heterocycles. The summed E-state index contributed by atoms with van der Waals surface area (Å²) in [7, 11) is 0. The van der Waals surface area contributed by atoms with E-state index < -0.39 is 17.4 Å². The molecule has 1 aliphatic heterocycles. The number of rotatable bonds is 1. The molecule has 0 bridgehead atoms. The number of halogens is 3. The van der Waals surface area contributed by atoms with Crippen molar-refractivity contribution >= 4 is 0 Å². The first kappa shape index (κ1) is 10.2. The molecule has 4 nitrogen and oxygen atoms in total. The molecule has 1 N–H and O–H groups in total. The number of aromatic nitrogens is 2. The molecule has 7 heteroatoms. The number of nitrogens with one attached hydrogen (secondary N) is 1. The third-order valence-electron chi connectivity index (χ3n) is 2.22. The van der Waals surface area contributed by atoms with Crippen molar-refractivity contribution in [2.75, 3.05) is 13.1 Å². The van der Waals surface area contributed by atoms with Crippen LogP contribution in [0.15, 0.2) is 16.9 Å². The highest BCUT2D eigenvalue weighted by atomic mass is 19.4. The van der Waals surface area contributed by atoms with E-state index in [1.165, 1.54) is 0 Å². The van der Waals surface area contributed by atoms with Crippen LogP contribution in [0, 0.1) is 0 Å². The van der Waals surface area contributed by atoms with Crippen molar-refractivity contribution in [1.82, 2.24) is 15.1 Å². The molecule has 1 aromatic rings. The van der Waals surface area contributed by atoms with Crippen molar-refractivity contribution in [3.63, 3.8) is 0 Å². The van der Waals surface area contributed by atoms with E-state index >= 15 is 0 Å². The predicted molar refractivity (Wildman–Crippen MR) is 45.4 cm³/mol. The van der Waals surface area contributed by atoms with Crippen molar-refractivity contribution in [2.45, 2.75) is 12.2 Å². The molecule has 1 aromatic heterocycles. The quantitative estimate of drug-likeness (QED) is 0.744. The number of hydrogen-bond donors (Lipinski definition) is 1. The first-order valence-corrected chi connectivity index (χ1v) is 4.36. The van der Waals surface area contributed by atoms with Crippen LogP contribution in [-0.4, -0.2) is 22.9 Å². The van der Waals surface area contributed by atoms with E-state index in [9.17, 15) is 18.0 Å². The van der Waals surface area contributed by atoms with Crippen molar-refractivity contribution in [2.24, 2.45) is 0 Å². The summed E-state index contributed by atoms with van der Waals surface area (Å²) >= 11 is 0. The van der Waals surface area contributed by atoms with E-state index in [1.54, 1.807) is 0 Å². The van der Waals surface area contributed by atoms with Crippen LogP contribution in [0.1, 0.15) is 11.7 Å². The molecule has 1 aliphatic rings. The molecule has 0 aromatic carbocycles. The Hall–Kier alpha value is -1.37. The van der Waals surface area contributed by atoms with Gasteiger partial charge in [0.2, 0.25) is 0 Å². The van der Waals surface area contributed by atoms with Gasteiger partial charge in [-0.2, -0.15) is 18.3 Å². The van der Waals surface area contributed by atoms with Gasteiger partial charge in [-0.1, -0.05) is 0 Å². The Morgan fingerprint density at radius 3 is 2.53 bits per heavy atom. The summed E-state index contributed by atoms with van der Waals surface area (Å²) in [6, 6.07) is 1.33. The van der Waals surface area contributed by atoms with Crippen LogP contribution in [0.5, 0.6) is 0 Å². The highest BCUT2D eigenvalue weighted by molar-refractivity contribution is 5.05. The van der Waals surface area contributed by atoms with Gasteiger partial charge in [-0.3, -0.25) is 4.79 Å². The fourth-order valence-corrected chi connectivity index (χ4v) is 1.28. The van der Waals surface area contributed by atoms with E-state index in [0.29, 0.717) is 19.2 Å². The van der Waals surface area contributed by atoms with Gasteiger partial charge in [0.25, 0.3) is 5.56 Å². The van der Waals surface area contributed by atoms with Gasteiger partial charge in [-0.25, -0.2) is 4.68 Å². The standard InChI is InChI=1S/C8H8F3N3O/c9-8(10,11)6-1-2-7(15)14(13-6)5-3-12-4-5/h1-2,5,12H,3-4H2. The molecule has 2 rings (SSSR count). The second-order valence-corrected chi connectivity index (χ2v) is 3.31. The summed E-state index contributed by atoms with van der Waals surface area (Å²) < 4.78 is 37.8. The number of alkyl halides is 3. The molecule has 0 aliphatic carbocycles. The topological polar surface area (TPSA) is 46.9 Å². The van der Waals surface area contributed by atoms with Crippen LogP contribution >= 0.6 is 0 Å². The first-order chi connectivity index (χ1) is 6.98. The second kappa shape index (κ2) is 3.34. The zero-order valence-corrected chi connectivity index (χ0v) is 7.58. The minimum absolute atomic E-state index is 0.264. The van der Waals surface area contributed by atoms with Gasteiger partial charge >= 0.3 is 6.18 Å². The number of hydrogen-bond acceptors (Lipinski definition) is 3. The van der Waals surface area contributed by atoms with Crippen molar-refractivity contribution in [1.29, 1.82) is 0 Å². The summed E-state index contributed by atoms with van der Waals surface area (Å²) in [5.74, 6) is 0. The Kier molecular flexibility index (Phi) is 2.26. The van der Waals surface area contributed by atoms with Crippen molar-refractivity contribution in [3.05, 3.63) is 28.2 Å². The number of nitrogens with zero attached hydrogens (tertiary/aromatic N) is 2. The van der Waals surface area contributed by atoms with E-state index in [0.717, 1.165) is 10.7 Å². The van der Waals surface area contributed by atoms with Gasteiger partial charge in [0.05, 0.1) is 6.04 Å².